The molecule has 0 spiro atoms. The van der Waals surface area contributed by atoms with E-state index in [0.717, 1.165) is 11.5 Å². The van der Waals surface area contributed by atoms with Gasteiger partial charge < -0.3 is 10.1 Å². The third kappa shape index (κ3) is 2.08. The van der Waals surface area contributed by atoms with Crippen LogP contribution in [0.4, 0.5) is 5.69 Å². The van der Waals surface area contributed by atoms with Crippen LogP contribution in [0.5, 0.6) is 11.6 Å². The van der Waals surface area contributed by atoms with E-state index in [1.165, 1.54) is 0 Å². The molecule has 96 valence electrons. The van der Waals surface area contributed by atoms with Crippen LogP contribution < -0.4 is 10.1 Å². The smallest absolute Gasteiger partial charge is 0.265 e. The number of hydrogen-bond donors (Lipinski definition) is 1. The van der Waals surface area contributed by atoms with Crippen molar-refractivity contribution in [3.8, 4) is 11.6 Å². The molecule has 2 heterocycles. The Morgan fingerprint density at radius 2 is 1.95 bits per heavy atom. The number of nitrogens with zero attached hydrogens (tertiary/aromatic N) is 4. The van der Waals surface area contributed by atoms with Crippen molar-refractivity contribution < 1.29 is 4.74 Å². The summed E-state index contributed by atoms with van der Waals surface area (Å²) in [5.74, 6) is 1.95. The summed E-state index contributed by atoms with van der Waals surface area (Å²) in [7, 11) is 1.87. The highest BCUT2D eigenvalue weighted by atomic mass is 16.5. The average molecular weight is 255 g/mol. The Hall–Kier alpha value is -2.63. The largest absolute Gasteiger partial charge is 0.436 e. The van der Waals surface area contributed by atoms with Crippen molar-refractivity contribution in [2.75, 3.05) is 12.4 Å². The molecular formula is C13H13N5O. The van der Waals surface area contributed by atoms with Crippen LogP contribution in [-0.2, 0) is 0 Å². The van der Waals surface area contributed by atoms with Crippen LogP contribution in [0.3, 0.4) is 0 Å². The standard InChI is InChI=1S/C13H13N5O/c1-9-16-17-12-13(15-7-8-18(9)12)19-11-5-3-10(14-2)4-6-11/h3-8,14H,1-2H3. The Morgan fingerprint density at radius 1 is 1.16 bits per heavy atom. The molecule has 0 fully saturated rings. The molecule has 0 amide bonds. The molecule has 1 aromatic carbocycles. The number of anilines is 1. The fourth-order valence-corrected chi connectivity index (χ4v) is 1.79. The maximum Gasteiger partial charge on any atom is 0.265 e. The molecular weight excluding hydrogens is 242 g/mol. The maximum absolute atomic E-state index is 5.74. The van der Waals surface area contributed by atoms with Gasteiger partial charge in [0.1, 0.15) is 11.6 Å². The molecule has 0 aliphatic rings. The lowest BCUT2D eigenvalue weighted by Gasteiger charge is -2.06. The van der Waals surface area contributed by atoms with Crippen LogP contribution in [-0.4, -0.2) is 26.6 Å². The van der Waals surface area contributed by atoms with Gasteiger partial charge in [-0.2, -0.15) is 0 Å². The van der Waals surface area contributed by atoms with Crippen molar-refractivity contribution in [1.29, 1.82) is 0 Å². The second kappa shape index (κ2) is 4.56. The number of nitrogens with one attached hydrogen (secondary N) is 1. The Morgan fingerprint density at radius 3 is 2.68 bits per heavy atom. The molecule has 0 saturated heterocycles. The first-order valence-corrected chi connectivity index (χ1v) is 5.90. The zero-order valence-corrected chi connectivity index (χ0v) is 10.7. The van der Waals surface area contributed by atoms with Gasteiger partial charge >= 0.3 is 0 Å². The summed E-state index contributed by atoms with van der Waals surface area (Å²) in [4.78, 5) is 4.20. The molecule has 0 radical (unpaired) electrons. The van der Waals surface area contributed by atoms with Crippen molar-refractivity contribution in [3.63, 3.8) is 0 Å². The number of aromatic nitrogens is 4. The highest BCUT2D eigenvalue weighted by Crippen LogP contribution is 2.24. The highest BCUT2D eigenvalue weighted by Gasteiger charge is 2.09. The van der Waals surface area contributed by atoms with E-state index in [1.54, 1.807) is 6.20 Å². The molecule has 2 aromatic heterocycles. The first-order chi connectivity index (χ1) is 9.28. The Kier molecular flexibility index (Phi) is 2.75. The first-order valence-electron chi connectivity index (χ1n) is 5.90. The predicted molar refractivity (Wildman–Crippen MR) is 71.6 cm³/mol. The van der Waals surface area contributed by atoms with Gasteiger partial charge in [0.25, 0.3) is 5.88 Å². The van der Waals surface area contributed by atoms with Crippen molar-refractivity contribution in [2.45, 2.75) is 6.92 Å². The lowest BCUT2D eigenvalue weighted by Crippen LogP contribution is -1.95. The van der Waals surface area contributed by atoms with E-state index in [-0.39, 0.29) is 0 Å². The summed E-state index contributed by atoms with van der Waals surface area (Å²) in [6.07, 6.45) is 3.47. The molecule has 19 heavy (non-hydrogen) atoms. The number of benzene rings is 1. The SMILES string of the molecule is CNc1ccc(Oc2nccn3c(C)nnc23)cc1. The van der Waals surface area contributed by atoms with E-state index >= 15 is 0 Å². The minimum atomic E-state index is 0.445. The van der Waals surface area contributed by atoms with Gasteiger partial charge in [-0.1, -0.05) is 0 Å². The second-order valence-electron chi connectivity index (χ2n) is 4.05. The minimum Gasteiger partial charge on any atom is -0.436 e. The van der Waals surface area contributed by atoms with Crippen LogP contribution in [0, 0.1) is 6.92 Å². The third-order valence-corrected chi connectivity index (χ3v) is 2.82. The van der Waals surface area contributed by atoms with Crippen molar-refractivity contribution in [1.82, 2.24) is 19.6 Å². The average Bonchev–Trinajstić information content (AvgIpc) is 2.83. The molecule has 3 aromatic rings. The summed E-state index contributed by atoms with van der Waals surface area (Å²) < 4.78 is 7.58. The Labute approximate surface area is 110 Å². The molecule has 0 aliphatic carbocycles. The summed E-state index contributed by atoms with van der Waals surface area (Å²) in [6.45, 7) is 1.88. The summed E-state index contributed by atoms with van der Waals surface area (Å²) in [5.41, 5.74) is 1.63. The van der Waals surface area contributed by atoms with Gasteiger partial charge in [-0.05, 0) is 31.2 Å². The Balaban J connectivity index is 1.96. The van der Waals surface area contributed by atoms with Gasteiger partial charge in [0.05, 0.1) is 0 Å². The fraction of sp³-hybridized carbons (Fsp3) is 0.154. The van der Waals surface area contributed by atoms with E-state index in [2.05, 4.69) is 20.5 Å². The van der Waals surface area contributed by atoms with Crippen molar-refractivity contribution in [3.05, 3.63) is 42.5 Å². The van der Waals surface area contributed by atoms with Gasteiger partial charge in [-0.25, -0.2) is 4.98 Å². The van der Waals surface area contributed by atoms with E-state index in [0.29, 0.717) is 17.3 Å². The number of rotatable bonds is 3. The van der Waals surface area contributed by atoms with E-state index in [9.17, 15) is 0 Å². The molecule has 6 nitrogen and oxygen atoms in total. The predicted octanol–water partition coefficient (Wildman–Crippen LogP) is 2.27. The number of ether oxygens (including phenoxy) is 1. The van der Waals surface area contributed by atoms with Gasteiger partial charge in [0, 0.05) is 25.1 Å². The molecule has 0 bridgehead atoms. The van der Waals surface area contributed by atoms with Gasteiger partial charge in [-0.15, -0.1) is 10.2 Å². The molecule has 0 saturated carbocycles. The third-order valence-electron chi connectivity index (χ3n) is 2.82. The zero-order chi connectivity index (χ0) is 13.2. The Bertz CT molecular complexity index is 705. The van der Waals surface area contributed by atoms with Crippen LogP contribution in [0.1, 0.15) is 5.82 Å². The normalized spacial score (nSPS) is 10.6. The molecule has 0 unspecified atom stereocenters. The van der Waals surface area contributed by atoms with Crippen LogP contribution in [0.25, 0.3) is 5.65 Å². The molecule has 1 N–H and O–H groups in total. The monoisotopic (exact) mass is 255 g/mol. The van der Waals surface area contributed by atoms with Crippen LogP contribution in [0.15, 0.2) is 36.7 Å². The van der Waals surface area contributed by atoms with E-state index in [4.69, 9.17) is 4.74 Å². The molecule has 0 aliphatic heterocycles. The van der Waals surface area contributed by atoms with Gasteiger partial charge in [0.15, 0.2) is 0 Å². The quantitative estimate of drug-likeness (QED) is 0.777. The maximum atomic E-state index is 5.74. The first kappa shape index (κ1) is 11.5. The second-order valence-corrected chi connectivity index (χ2v) is 4.05. The molecule has 0 atom stereocenters. The summed E-state index contributed by atoms with van der Waals surface area (Å²) in [5, 5.41) is 11.1. The molecule has 6 heteroatoms. The number of aryl methyl sites for hydroxylation is 1. The van der Waals surface area contributed by atoms with Gasteiger partial charge in [0.2, 0.25) is 5.65 Å². The van der Waals surface area contributed by atoms with E-state index < -0.39 is 0 Å². The van der Waals surface area contributed by atoms with Crippen molar-refractivity contribution in [2.24, 2.45) is 0 Å². The highest BCUT2D eigenvalue weighted by molar-refractivity contribution is 5.51. The van der Waals surface area contributed by atoms with E-state index in [1.807, 2.05) is 48.8 Å². The van der Waals surface area contributed by atoms with Crippen molar-refractivity contribution >= 4 is 11.3 Å². The number of fused-ring (bicyclic) bond motifs is 1. The summed E-state index contributed by atoms with van der Waals surface area (Å²) in [6, 6.07) is 7.62. The fourth-order valence-electron chi connectivity index (χ4n) is 1.79. The summed E-state index contributed by atoms with van der Waals surface area (Å²) >= 11 is 0. The number of hydrogen-bond acceptors (Lipinski definition) is 5. The lowest BCUT2D eigenvalue weighted by molar-refractivity contribution is 0.465. The molecule has 3 rings (SSSR count). The zero-order valence-electron chi connectivity index (χ0n) is 10.7. The minimum absolute atomic E-state index is 0.445. The lowest BCUT2D eigenvalue weighted by atomic mass is 10.3. The van der Waals surface area contributed by atoms with Gasteiger partial charge in [-0.3, -0.25) is 4.40 Å². The van der Waals surface area contributed by atoms with Crippen LogP contribution >= 0.6 is 0 Å². The topological polar surface area (TPSA) is 64.3 Å². The van der Waals surface area contributed by atoms with Crippen LogP contribution in [0.2, 0.25) is 0 Å².